The Balaban J connectivity index is 1.98. The van der Waals surface area contributed by atoms with E-state index in [1.165, 1.54) is 0 Å². The largest absolute Gasteiger partial charge is 0.400 e. The molecule has 2 heterocycles. The Kier molecular flexibility index (Phi) is 4.13. The first-order chi connectivity index (χ1) is 12.5. The van der Waals surface area contributed by atoms with Crippen LogP contribution in [0.5, 0.6) is 0 Å². The highest BCUT2D eigenvalue weighted by Crippen LogP contribution is 2.54. The third-order valence-corrected chi connectivity index (χ3v) is 7.11. The van der Waals surface area contributed by atoms with Gasteiger partial charge in [-0.25, -0.2) is 4.79 Å². The van der Waals surface area contributed by atoms with Crippen molar-refractivity contribution in [3.63, 3.8) is 0 Å². The Morgan fingerprint density at radius 1 is 1.35 bits per heavy atom. The number of nitrogens with two attached hydrogens (primary N) is 1. The summed E-state index contributed by atoms with van der Waals surface area (Å²) in [4.78, 5) is 24.8. The van der Waals surface area contributed by atoms with Crippen molar-refractivity contribution in [3.05, 3.63) is 46.1 Å². The zero-order valence-electron chi connectivity index (χ0n) is 13.8. The van der Waals surface area contributed by atoms with Crippen molar-refractivity contribution >= 4 is 35.3 Å². The van der Waals surface area contributed by atoms with Gasteiger partial charge in [-0.3, -0.25) is 10.1 Å². The number of hydrogen-bond donors (Lipinski definition) is 3. The van der Waals surface area contributed by atoms with E-state index in [9.17, 15) is 14.9 Å². The highest BCUT2D eigenvalue weighted by molar-refractivity contribution is 7.99. The van der Waals surface area contributed by atoms with Gasteiger partial charge in [-0.15, -0.1) is 0 Å². The highest BCUT2D eigenvalue weighted by atomic mass is 35.5. The number of thioether (sulfide) groups is 1. The summed E-state index contributed by atoms with van der Waals surface area (Å²) >= 11 is 8.20. The molecule has 3 amide bonds. The van der Waals surface area contributed by atoms with Gasteiger partial charge in [0.25, 0.3) is 0 Å². The van der Waals surface area contributed by atoms with Gasteiger partial charge in [0.2, 0.25) is 5.91 Å². The van der Waals surface area contributed by atoms with E-state index in [0.29, 0.717) is 22.8 Å². The third-order valence-electron chi connectivity index (χ3n) is 5.68. The van der Waals surface area contributed by atoms with Crippen LogP contribution in [0.1, 0.15) is 17.9 Å². The lowest BCUT2D eigenvalue weighted by atomic mass is 9.58. The lowest BCUT2D eigenvalue weighted by Crippen LogP contribution is -2.73. The van der Waals surface area contributed by atoms with E-state index in [2.05, 4.69) is 16.7 Å². The molecule has 0 unspecified atom stereocenters. The van der Waals surface area contributed by atoms with E-state index in [0.717, 1.165) is 11.3 Å². The van der Waals surface area contributed by atoms with Crippen molar-refractivity contribution < 1.29 is 9.59 Å². The van der Waals surface area contributed by atoms with Crippen LogP contribution in [0.15, 0.2) is 35.5 Å². The minimum absolute atomic E-state index is 0.150. The number of imide groups is 1. The molecule has 0 aromatic heterocycles. The summed E-state index contributed by atoms with van der Waals surface area (Å²) in [6, 6.07) is 9.08. The van der Waals surface area contributed by atoms with Gasteiger partial charge < -0.3 is 11.1 Å². The van der Waals surface area contributed by atoms with Crippen molar-refractivity contribution in [2.45, 2.75) is 17.9 Å². The summed E-state index contributed by atoms with van der Waals surface area (Å²) in [5.41, 5.74) is 6.97. The maximum atomic E-state index is 12.6. The number of nitriles is 1. The number of halogens is 1. The van der Waals surface area contributed by atoms with Crippen LogP contribution < -0.4 is 16.4 Å². The zero-order chi connectivity index (χ0) is 18.5. The number of amides is 3. The monoisotopic (exact) mass is 388 g/mol. The topological polar surface area (TPSA) is 108 Å². The fourth-order valence-electron chi connectivity index (χ4n) is 4.61. The molecule has 1 spiro atoms. The average molecular weight is 389 g/mol. The van der Waals surface area contributed by atoms with Crippen molar-refractivity contribution in [3.8, 4) is 6.07 Å². The predicted octanol–water partition coefficient (Wildman–Crippen LogP) is 2.12. The van der Waals surface area contributed by atoms with E-state index in [4.69, 9.17) is 17.3 Å². The van der Waals surface area contributed by atoms with Gasteiger partial charge >= 0.3 is 6.03 Å². The average Bonchev–Trinajstić information content (AvgIpc) is 2.60. The number of allylic oxidation sites excluding steroid dienone is 1. The number of nitrogens with one attached hydrogen (secondary N) is 2. The fraction of sp³-hybridized carbons (Fsp3) is 0.389. The molecule has 4 atom stereocenters. The van der Waals surface area contributed by atoms with Crippen molar-refractivity contribution in [1.29, 1.82) is 5.26 Å². The number of benzene rings is 1. The molecular formula is C18H17ClN4O2S. The molecule has 8 heteroatoms. The quantitative estimate of drug-likeness (QED) is 0.682. The van der Waals surface area contributed by atoms with Crippen LogP contribution in [0.3, 0.4) is 0 Å². The van der Waals surface area contributed by atoms with Crippen molar-refractivity contribution in [2.75, 3.05) is 11.5 Å². The van der Waals surface area contributed by atoms with Gasteiger partial charge in [-0.2, -0.15) is 17.0 Å². The molecule has 6 nitrogen and oxygen atoms in total. The molecule has 4 N–H and O–H groups in total. The van der Waals surface area contributed by atoms with E-state index in [-0.39, 0.29) is 17.5 Å². The summed E-state index contributed by atoms with van der Waals surface area (Å²) in [5.74, 6) is -0.163. The minimum Gasteiger partial charge on any atom is -0.400 e. The van der Waals surface area contributed by atoms with Crippen LogP contribution in [-0.2, 0) is 4.79 Å². The van der Waals surface area contributed by atoms with Crippen LogP contribution in [0.4, 0.5) is 4.79 Å². The Morgan fingerprint density at radius 3 is 2.85 bits per heavy atom. The number of carbonyl (C=O) groups is 2. The molecule has 2 aliphatic heterocycles. The zero-order valence-corrected chi connectivity index (χ0v) is 15.4. The van der Waals surface area contributed by atoms with Crippen LogP contribution in [0.2, 0.25) is 5.02 Å². The summed E-state index contributed by atoms with van der Waals surface area (Å²) in [6.07, 6.45) is 0.618. The molecule has 1 aromatic rings. The van der Waals surface area contributed by atoms with E-state index in [1.54, 1.807) is 17.8 Å². The smallest absolute Gasteiger partial charge is 0.321 e. The number of nitrogens with zero attached hydrogens (tertiary/aromatic N) is 1. The second kappa shape index (κ2) is 6.22. The van der Waals surface area contributed by atoms with Crippen LogP contribution in [-0.4, -0.2) is 29.0 Å². The molecule has 4 rings (SSSR count). The Labute approximate surface area is 160 Å². The van der Waals surface area contributed by atoms with Gasteiger partial charge in [-0.05, 0) is 29.6 Å². The molecule has 134 valence electrons. The molecule has 2 fully saturated rings. The van der Waals surface area contributed by atoms with Crippen molar-refractivity contribution in [1.82, 2.24) is 10.6 Å². The molecule has 0 bridgehead atoms. The molecule has 26 heavy (non-hydrogen) atoms. The normalized spacial score (nSPS) is 33.5. The van der Waals surface area contributed by atoms with E-state index < -0.39 is 23.4 Å². The summed E-state index contributed by atoms with van der Waals surface area (Å²) in [7, 11) is 0. The SMILES string of the molecule is N#CC1=C(N)[C@H]2C(=O)NC(=O)N[C@]23CCSC[C@H]3[C@@H]1c1ccccc1Cl. The molecule has 0 radical (unpaired) electrons. The lowest BCUT2D eigenvalue weighted by molar-refractivity contribution is -0.128. The number of hydrogen-bond acceptors (Lipinski definition) is 5. The number of carbonyl (C=O) groups excluding carboxylic acids is 2. The Hall–Kier alpha value is -2.17. The first-order valence-corrected chi connectivity index (χ1v) is 9.87. The van der Waals surface area contributed by atoms with E-state index >= 15 is 0 Å². The molecule has 1 aliphatic carbocycles. The standard InChI is InChI=1S/C18H17ClN4O2S/c19-12-4-2-1-3-9(12)13-10(7-20)15(21)14-16(24)22-17(25)23-18(14)5-6-26-8-11(13)18/h1-4,11,13-14H,5-6,8,21H2,(H2,22,23,24,25)/t11-,13+,14-,18-/m0/s1. The summed E-state index contributed by atoms with van der Waals surface area (Å²) < 4.78 is 0. The van der Waals surface area contributed by atoms with Crippen LogP contribution in [0, 0.1) is 23.2 Å². The first-order valence-electron chi connectivity index (χ1n) is 8.34. The highest BCUT2D eigenvalue weighted by Gasteiger charge is 2.61. The van der Waals surface area contributed by atoms with Crippen LogP contribution >= 0.6 is 23.4 Å². The summed E-state index contributed by atoms with van der Waals surface area (Å²) in [5, 5.41) is 15.7. The number of rotatable bonds is 1. The van der Waals surface area contributed by atoms with E-state index in [1.807, 2.05) is 18.2 Å². The third kappa shape index (κ3) is 2.32. The molecular weight excluding hydrogens is 372 g/mol. The van der Waals surface area contributed by atoms with Gasteiger partial charge in [0.05, 0.1) is 17.2 Å². The molecule has 1 aromatic carbocycles. The van der Waals surface area contributed by atoms with Gasteiger partial charge in [0.15, 0.2) is 0 Å². The second-order valence-corrected chi connectivity index (χ2v) is 8.39. The second-order valence-electron chi connectivity index (χ2n) is 6.83. The Morgan fingerprint density at radius 2 is 2.12 bits per heavy atom. The van der Waals surface area contributed by atoms with Gasteiger partial charge in [0, 0.05) is 22.6 Å². The maximum Gasteiger partial charge on any atom is 0.321 e. The molecule has 2 saturated heterocycles. The lowest BCUT2D eigenvalue weighted by Gasteiger charge is -2.56. The maximum absolute atomic E-state index is 12.6. The first kappa shape index (κ1) is 17.3. The molecule has 3 aliphatic rings. The fourth-order valence-corrected chi connectivity index (χ4v) is 6.26. The van der Waals surface area contributed by atoms with Crippen LogP contribution in [0.25, 0.3) is 0 Å². The van der Waals surface area contributed by atoms with Crippen molar-refractivity contribution in [2.24, 2.45) is 17.6 Å². The Bertz CT molecular complexity index is 880. The van der Waals surface area contributed by atoms with Gasteiger partial charge in [0.1, 0.15) is 5.92 Å². The van der Waals surface area contributed by atoms with Gasteiger partial charge in [-0.1, -0.05) is 29.8 Å². The molecule has 0 saturated carbocycles. The summed E-state index contributed by atoms with van der Waals surface area (Å²) in [6.45, 7) is 0. The minimum atomic E-state index is -0.793. The predicted molar refractivity (Wildman–Crippen MR) is 99.3 cm³/mol. The number of urea groups is 1.